The molecule has 1 amide bonds. The molecule has 0 spiro atoms. The summed E-state index contributed by atoms with van der Waals surface area (Å²) in [4.78, 5) is 12.0. The van der Waals surface area contributed by atoms with Crippen molar-refractivity contribution < 1.29 is 9.53 Å². The Morgan fingerprint density at radius 1 is 1.35 bits per heavy atom. The van der Waals surface area contributed by atoms with Crippen LogP contribution in [0.15, 0.2) is 24.3 Å². The number of amides is 1. The molecule has 1 saturated carbocycles. The van der Waals surface area contributed by atoms with Gasteiger partial charge in [0.2, 0.25) is 5.91 Å². The summed E-state index contributed by atoms with van der Waals surface area (Å²) in [6, 6.07) is 7.54. The van der Waals surface area contributed by atoms with Crippen molar-refractivity contribution in [2.24, 2.45) is 5.92 Å². The van der Waals surface area contributed by atoms with Crippen molar-refractivity contribution >= 4 is 28.9 Å². The standard InChI is InChI=1S/C15H20N2O2S/c1-2-19-13-10-6-5-9-12(13)16-15(20)17-14(18)11-7-3-4-8-11/h5-6,9-11H,2-4,7-8H2,1H3,(H2,16,17,18,20). The van der Waals surface area contributed by atoms with Gasteiger partial charge in [0.05, 0.1) is 12.3 Å². The summed E-state index contributed by atoms with van der Waals surface area (Å²) in [6.07, 6.45) is 4.19. The first-order valence-electron chi connectivity index (χ1n) is 7.04. The molecule has 20 heavy (non-hydrogen) atoms. The van der Waals surface area contributed by atoms with Gasteiger partial charge in [-0.25, -0.2) is 0 Å². The lowest BCUT2D eigenvalue weighted by Crippen LogP contribution is -2.37. The molecule has 4 nitrogen and oxygen atoms in total. The number of para-hydroxylation sites is 2. The molecule has 1 aliphatic carbocycles. The zero-order valence-electron chi connectivity index (χ0n) is 11.6. The lowest BCUT2D eigenvalue weighted by molar-refractivity contribution is -0.123. The zero-order chi connectivity index (χ0) is 14.4. The van der Waals surface area contributed by atoms with Gasteiger partial charge in [0.1, 0.15) is 5.75 Å². The van der Waals surface area contributed by atoms with Gasteiger partial charge in [-0.15, -0.1) is 0 Å². The van der Waals surface area contributed by atoms with E-state index in [0.29, 0.717) is 11.7 Å². The maximum Gasteiger partial charge on any atom is 0.229 e. The molecule has 0 aliphatic heterocycles. The molecule has 0 atom stereocenters. The second kappa shape index (κ2) is 7.24. The molecule has 1 fully saturated rings. The number of nitrogens with one attached hydrogen (secondary N) is 2. The Labute approximate surface area is 124 Å². The Bertz CT molecular complexity index is 485. The minimum atomic E-state index is 0.0221. The van der Waals surface area contributed by atoms with Crippen LogP contribution in [0.25, 0.3) is 0 Å². The number of carbonyl (C=O) groups is 1. The molecular formula is C15H20N2O2S. The third-order valence-electron chi connectivity index (χ3n) is 3.40. The minimum absolute atomic E-state index is 0.0221. The molecule has 0 heterocycles. The number of anilines is 1. The van der Waals surface area contributed by atoms with Crippen molar-refractivity contribution in [3.8, 4) is 5.75 Å². The van der Waals surface area contributed by atoms with Crippen LogP contribution in [-0.2, 0) is 4.79 Å². The van der Waals surface area contributed by atoms with Crippen LogP contribution >= 0.6 is 12.2 Å². The van der Waals surface area contributed by atoms with Crippen LogP contribution in [0.2, 0.25) is 0 Å². The summed E-state index contributed by atoms with van der Waals surface area (Å²) in [7, 11) is 0. The van der Waals surface area contributed by atoms with E-state index in [2.05, 4.69) is 10.6 Å². The van der Waals surface area contributed by atoms with Crippen LogP contribution < -0.4 is 15.4 Å². The van der Waals surface area contributed by atoms with Crippen molar-refractivity contribution in [1.82, 2.24) is 5.32 Å². The average Bonchev–Trinajstić information content (AvgIpc) is 2.95. The quantitative estimate of drug-likeness (QED) is 0.837. The highest BCUT2D eigenvalue weighted by atomic mass is 32.1. The average molecular weight is 292 g/mol. The summed E-state index contributed by atoms with van der Waals surface area (Å²) in [5.41, 5.74) is 0.770. The van der Waals surface area contributed by atoms with E-state index < -0.39 is 0 Å². The van der Waals surface area contributed by atoms with Crippen LogP contribution in [0.5, 0.6) is 5.75 Å². The molecule has 1 aromatic rings. The predicted molar refractivity (Wildman–Crippen MR) is 83.9 cm³/mol. The Morgan fingerprint density at radius 2 is 2.05 bits per heavy atom. The van der Waals surface area contributed by atoms with E-state index >= 15 is 0 Å². The monoisotopic (exact) mass is 292 g/mol. The fraction of sp³-hybridized carbons (Fsp3) is 0.467. The van der Waals surface area contributed by atoms with Crippen molar-refractivity contribution in [3.63, 3.8) is 0 Å². The summed E-state index contributed by atoms with van der Waals surface area (Å²) in [5, 5.41) is 6.12. The maximum atomic E-state index is 12.0. The molecule has 2 rings (SSSR count). The minimum Gasteiger partial charge on any atom is -0.492 e. The molecule has 0 aromatic heterocycles. The van der Waals surface area contributed by atoms with Crippen LogP contribution in [0.4, 0.5) is 5.69 Å². The topological polar surface area (TPSA) is 50.4 Å². The van der Waals surface area contributed by atoms with E-state index in [4.69, 9.17) is 17.0 Å². The summed E-state index contributed by atoms with van der Waals surface area (Å²) in [6.45, 7) is 2.51. The summed E-state index contributed by atoms with van der Waals surface area (Å²) in [5.74, 6) is 0.859. The van der Waals surface area contributed by atoms with Crippen molar-refractivity contribution in [1.29, 1.82) is 0 Å². The van der Waals surface area contributed by atoms with Gasteiger partial charge in [-0.2, -0.15) is 0 Å². The fourth-order valence-electron chi connectivity index (χ4n) is 2.41. The largest absolute Gasteiger partial charge is 0.492 e. The first-order chi connectivity index (χ1) is 9.70. The van der Waals surface area contributed by atoms with E-state index in [1.165, 1.54) is 0 Å². The third-order valence-corrected chi connectivity index (χ3v) is 3.60. The van der Waals surface area contributed by atoms with Gasteiger partial charge >= 0.3 is 0 Å². The van der Waals surface area contributed by atoms with E-state index in [1.54, 1.807) is 0 Å². The number of thiocarbonyl (C=S) groups is 1. The molecule has 0 radical (unpaired) electrons. The number of ether oxygens (including phenoxy) is 1. The van der Waals surface area contributed by atoms with Crippen molar-refractivity contribution in [2.45, 2.75) is 32.6 Å². The lowest BCUT2D eigenvalue weighted by Gasteiger charge is -2.15. The summed E-state index contributed by atoms with van der Waals surface area (Å²) >= 11 is 5.19. The van der Waals surface area contributed by atoms with E-state index in [-0.39, 0.29) is 11.8 Å². The first kappa shape index (κ1) is 14.8. The predicted octanol–water partition coefficient (Wildman–Crippen LogP) is 3.09. The van der Waals surface area contributed by atoms with Crippen LogP contribution in [0.1, 0.15) is 32.6 Å². The SMILES string of the molecule is CCOc1ccccc1NC(=S)NC(=O)C1CCCC1. The molecular weight excluding hydrogens is 272 g/mol. The van der Waals surface area contributed by atoms with Crippen LogP contribution in [0, 0.1) is 5.92 Å². The summed E-state index contributed by atoms with van der Waals surface area (Å²) < 4.78 is 5.51. The molecule has 108 valence electrons. The lowest BCUT2D eigenvalue weighted by atomic mass is 10.1. The van der Waals surface area contributed by atoms with Crippen molar-refractivity contribution in [3.05, 3.63) is 24.3 Å². The third kappa shape index (κ3) is 3.93. The number of hydrogen-bond donors (Lipinski definition) is 2. The van der Waals surface area contributed by atoms with E-state index in [1.807, 2.05) is 31.2 Å². The Balaban J connectivity index is 1.92. The Morgan fingerprint density at radius 3 is 2.75 bits per heavy atom. The Hall–Kier alpha value is -1.62. The number of rotatable bonds is 4. The van der Waals surface area contributed by atoms with Gasteiger partial charge in [-0.3, -0.25) is 4.79 Å². The molecule has 1 aliphatic rings. The van der Waals surface area contributed by atoms with E-state index in [0.717, 1.165) is 37.1 Å². The van der Waals surface area contributed by atoms with Gasteiger partial charge in [0.15, 0.2) is 5.11 Å². The maximum absolute atomic E-state index is 12.0. The molecule has 0 bridgehead atoms. The van der Waals surface area contributed by atoms with Gasteiger partial charge in [0.25, 0.3) is 0 Å². The highest BCUT2D eigenvalue weighted by Gasteiger charge is 2.23. The number of hydrogen-bond acceptors (Lipinski definition) is 3. The van der Waals surface area contributed by atoms with Gasteiger partial charge in [0, 0.05) is 5.92 Å². The molecule has 5 heteroatoms. The smallest absolute Gasteiger partial charge is 0.229 e. The van der Waals surface area contributed by atoms with Gasteiger partial charge < -0.3 is 15.4 Å². The Kier molecular flexibility index (Phi) is 5.35. The zero-order valence-corrected chi connectivity index (χ0v) is 12.5. The number of carbonyl (C=O) groups excluding carboxylic acids is 1. The molecule has 0 unspecified atom stereocenters. The highest BCUT2D eigenvalue weighted by molar-refractivity contribution is 7.80. The molecule has 1 aromatic carbocycles. The highest BCUT2D eigenvalue weighted by Crippen LogP contribution is 2.25. The first-order valence-corrected chi connectivity index (χ1v) is 7.45. The molecule has 0 saturated heterocycles. The van der Waals surface area contributed by atoms with Crippen LogP contribution in [-0.4, -0.2) is 17.6 Å². The van der Waals surface area contributed by atoms with E-state index in [9.17, 15) is 4.79 Å². The van der Waals surface area contributed by atoms with Crippen LogP contribution in [0.3, 0.4) is 0 Å². The fourth-order valence-corrected chi connectivity index (χ4v) is 2.62. The number of benzene rings is 1. The second-order valence-corrected chi connectivity index (χ2v) is 5.26. The second-order valence-electron chi connectivity index (χ2n) is 4.85. The van der Waals surface area contributed by atoms with Crippen molar-refractivity contribution in [2.75, 3.05) is 11.9 Å². The molecule has 2 N–H and O–H groups in total. The van der Waals surface area contributed by atoms with Gasteiger partial charge in [-0.1, -0.05) is 25.0 Å². The normalized spacial score (nSPS) is 14.8. The van der Waals surface area contributed by atoms with Gasteiger partial charge in [-0.05, 0) is 44.1 Å².